The second-order valence-corrected chi connectivity index (χ2v) is 8.98. The Morgan fingerprint density at radius 2 is 1.69 bits per heavy atom. The highest BCUT2D eigenvalue weighted by atomic mass is 32.2. The molecule has 0 unspecified atom stereocenters. The summed E-state index contributed by atoms with van der Waals surface area (Å²) in [5.74, 6) is 2.75. The third kappa shape index (κ3) is 4.03. The summed E-state index contributed by atoms with van der Waals surface area (Å²) in [5, 5.41) is 13.6. The van der Waals surface area contributed by atoms with Crippen LogP contribution in [0.25, 0.3) is 39.4 Å². The second-order valence-electron chi connectivity index (χ2n) is 8.03. The molecule has 0 aliphatic carbocycles. The number of fused-ring (bicyclic) bond motifs is 1. The van der Waals surface area contributed by atoms with Crippen molar-refractivity contribution in [2.45, 2.75) is 17.8 Å². The molecule has 0 spiro atoms. The third-order valence-corrected chi connectivity index (χ3v) is 6.70. The fourth-order valence-corrected chi connectivity index (χ4v) is 4.90. The molecule has 9 heteroatoms. The van der Waals surface area contributed by atoms with E-state index < -0.39 is 0 Å². The fraction of sp³-hybridized carbons (Fsp3) is 0.111. The normalized spacial score (nSPS) is 11.3. The van der Waals surface area contributed by atoms with Crippen LogP contribution in [0.15, 0.2) is 93.0 Å². The zero-order valence-electron chi connectivity index (χ0n) is 19.6. The van der Waals surface area contributed by atoms with Crippen LogP contribution in [-0.4, -0.2) is 32.0 Å². The van der Waals surface area contributed by atoms with Gasteiger partial charge in [-0.05, 0) is 43.3 Å². The number of imidazole rings is 1. The molecule has 0 atom stereocenters. The number of nitrogens with zero attached hydrogens (tertiary/aromatic N) is 5. The van der Waals surface area contributed by atoms with Gasteiger partial charge in [0.15, 0.2) is 5.16 Å². The van der Waals surface area contributed by atoms with Crippen molar-refractivity contribution in [3.05, 3.63) is 90.5 Å². The molecule has 0 aliphatic rings. The molecule has 0 fully saturated rings. The standard InChI is InChI=1S/C27H21N5O3S/c1-17-24(25(31-35-17)18-8-4-3-5-9-18)26-30-29-23(34-26)16-36-27-28-21-10-6-7-11-22(21)32(27)19-12-14-20(33-2)15-13-19/h3-15H,16H2,1-2H3. The van der Waals surface area contributed by atoms with Gasteiger partial charge in [-0.2, -0.15) is 0 Å². The fourth-order valence-electron chi connectivity index (χ4n) is 4.04. The minimum atomic E-state index is 0.381. The Kier molecular flexibility index (Phi) is 5.74. The number of thioether (sulfide) groups is 1. The highest BCUT2D eigenvalue weighted by Gasteiger charge is 2.22. The molecule has 0 saturated carbocycles. The lowest BCUT2D eigenvalue weighted by Gasteiger charge is -2.09. The summed E-state index contributed by atoms with van der Waals surface area (Å²) in [4.78, 5) is 4.85. The maximum Gasteiger partial charge on any atom is 0.253 e. The van der Waals surface area contributed by atoms with Crippen molar-refractivity contribution < 1.29 is 13.7 Å². The summed E-state index contributed by atoms with van der Waals surface area (Å²) in [5.41, 5.74) is 5.23. The lowest BCUT2D eigenvalue weighted by Crippen LogP contribution is -1.97. The maximum atomic E-state index is 6.05. The van der Waals surface area contributed by atoms with Crippen molar-refractivity contribution in [1.29, 1.82) is 0 Å². The number of hydrogen-bond acceptors (Lipinski definition) is 8. The molecule has 0 N–H and O–H groups in total. The van der Waals surface area contributed by atoms with E-state index in [0.717, 1.165) is 33.2 Å². The maximum absolute atomic E-state index is 6.05. The number of benzene rings is 3. The van der Waals surface area contributed by atoms with Crippen LogP contribution in [-0.2, 0) is 5.75 Å². The summed E-state index contributed by atoms with van der Waals surface area (Å²) in [6.07, 6.45) is 0. The molecule has 3 heterocycles. The number of para-hydroxylation sites is 2. The molecule has 6 aromatic rings. The first-order valence-electron chi connectivity index (χ1n) is 11.3. The summed E-state index contributed by atoms with van der Waals surface area (Å²) in [7, 11) is 1.66. The topological polar surface area (TPSA) is 92.0 Å². The van der Waals surface area contributed by atoms with E-state index in [-0.39, 0.29) is 0 Å². The molecule has 0 aliphatic heterocycles. The molecule has 36 heavy (non-hydrogen) atoms. The molecule has 0 amide bonds. The Bertz CT molecular complexity index is 1640. The van der Waals surface area contributed by atoms with Crippen LogP contribution < -0.4 is 4.74 Å². The van der Waals surface area contributed by atoms with Crippen molar-refractivity contribution in [3.63, 3.8) is 0 Å². The van der Waals surface area contributed by atoms with Crippen LogP contribution in [0.2, 0.25) is 0 Å². The van der Waals surface area contributed by atoms with E-state index >= 15 is 0 Å². The van der Waals surface area contributed by atoms with Crippen LogP contribution in [0, 0.1) is 6.92 Å². The molecule has 6 rings (SSSR count). The van der Waals surface area contributed by atoms with E-state index in [9.17, 15) is 0 Å². The van der Waals surface area contributed by atoms with Crippen LogP contribution in [0.4, 0.5) is 0 Å². The summed E-state index contributed by atoms with van der Waals surface area (Å²) >= 11 is 1.53. The van der Waals surface area contributed by atoms with Crippen LogP contribution in [0.1, 0.15) is 11.7 Å². The van der Waals surface area contributed by atoms with Crippen LogP contribution in [0.5, 0.6) is 5.75 Å². The number of rotatable bonds is 7. The molecule has 3 aromatic heterocycles. The van der Waals surface area contributed by atoms with Gasteiger partial charge < -0.3 is 13.7 Å². The average molecular weight is 496 g/mol. The molecule has 0 radical (unpaired) electrons. The Hall–Kier alpha value is -4.37. The molecule has 178 valence electrons. The van der Waals surface area contributed by atoms with E-state index in [1.807, 2.05) is 79.7 Å². The molecular weight excluding hydrogens is 474 g/mol. The van der Waals surface area contributed by atoms with Gasteiger partial charge in [0.05, 0.1) is 23.9 Å². The molecule has 0 bridgehead atoms. The first-order valence-corrected chi connectivity index (χ1v) is 12.3. The van der Waals surface area contributed by atoms with Crippen LogP contribution in [0.3, 0.4) is 0 Å². The lowest BCUT2D eigenvalue weighted by molar-refractivity contribution is 0.399. The average Bonchev–Trinajstić information content (AvgIpc) is 3.64. The van der Waals surface area contributed by atoms with Crippen LogP contribution >= 0.6 is 11.8 Å². The minimum absolute atomic E-state index is 0.381. The van der Waals surface area contributed by atoms with E-state index in [4.69, 9.17) is 18.7 Å². The van der Waals surface area contributed by atoms with Crippen molar-refractivity contribution in [2.24, 2.45) is 0 Å². The number of methoxy groups -OCH3 is 1. The highest BCUT2D eigenvalue weighted by Crippen LogP contribution is 2.35. The molecular formula is C27H21N5O3S. The lowest BCUT2D eigenvalue weighted by atomic mass is 10.1. The molecule has 3 aromatic carbocycles. The zero-order valence-corrected chi connectivity index (χ0v) is 20.4. The molecule has 8 nitrogen and oxygen atoms in total. The van der Waals surface area contributed by atoms with Crippen molar-refractivity contribution in [3.8, 4) is 34.1 Å². The Labute approximate surface area is 210 Å². The summed E-state index contributed by atoms with van der Waals surface area (Å²) in [6.45, 7) is 1.84. The smallest absolute Gasteiger partial charge is 0.253 e. The van der Waals surface area contributed by atoms with Gasteiger partial charge in [-0.25, -0.2) is 4.98 Å². The van der Waals surface area contributed by atoms with Crippen molar-refractivity contribution in [1.82, 2.24) is 24.9 Å². The monoisotopic (exact) mass is 495 g/mol. The third-order valence-electron chi connectivity index (χ3n) is 5.78. The van der Waals surface area contributed by atoms with E-state index in [0.29, 0.717) is 34.6 Å². The van der Waals surface area contributed by atoms with Crippen molar-refractivity contribution >= 4 is 22.8 Å². The highest BCUT2D eigenvalue weighted by molar-refractivity contribution is 7.98. The van der Waals surface area contributed by atoms with Crippen molar-refractivity contribution in [2.75, 3.05) is 7.11 Å². The quantitative estimate of drug-likeness (QED) is 0.237. The van der Waals surface area contributed by atoms with Gasteiger partial charge >= 0.3 is 0 Å². The van der Waals surface area contributed by atoms with Gasteiger partial charge in [0, 0.05) is 11.3 Å². The van der Waals surface area contributed by atoms with Gasteiger partial charge in [-0.15, -0.1) is 10.2 Å². The van der Waals surface area contributed by atoms with E-state index in [1.54, 1.807) is 7.11 Å². The predicted octanol–water partition coefficient (Wildman–Crippen LogP) is 6.34. The number of aromatic nitrogens is 5. The molecule has 0 saturated heterocycles. The number of aryl methyl sites for hydroxylation is 1. The first-order chi connectivity index (χ1) is 17.7. The largest absolute Gasteiger partial charge is 0.497 e. The number of ether oxygens (including phenoxy) is 1. The SMILES string of the molecule is COc1ccc(-n2c(SCc3nnc(-c4c(-c5ccccc5)noc4C)o3)nc3ccccc32)cc1. The minimum Gasteiger partial charge on any atom is -0.497 e. The van der Waals surface area contributed by atoms with Gasteiger partial charge in [0.2, 0.25) is 5.89 Å². The Balaban J connectivity index is 1.30. The predicted molar refractivity (Wildman–Crippen MR) is 137 cm³/mol. The number of hydrogen-bond donors (Lipinski definition) is 0. The summed E-state index contributed by atoms with van der Waals surface area (Å²) in [6, 6.07) is 25.8. The second kappa shape index (κ2) is 9.35. The van der Waals surface area contributed by atoms with Gasteiger partial charge in [0.1, 0.15) is 22.8 Å². The van der Waals surface area contributed by atoms with Gasteiger partial charge in [0.25, 0.3) is 5.89 Å². The Morgan fingerprint density at radius 1 is 0.917 bits per heavy atom. The first kappa shape index (κ1) is 22.1. The summed E-state index contributed by atoms with van der Waals surface area (Å²) < 4.78 is 18.9. The zero-order chi connectivity index (χ0) is 24.5. The van der Waals surface area contributed by atoms with E-state index in [2.05, 4.69) is 26.0 Å². The van der Waals surface area contributed by atoms with E-state index in [1.165, 1.54) is 11.8 Å². The van der Waals surface area contributed by atoms with Gasteiger partial charge in [-0.1, -0.05) is 59.4 Å². The Morgan fingerprint density at radius 3 is 2.50 bits per heavy atom. The van der Waals surface area contributed by atoms with Gasteiger partial charge in [-0.3, -0.25) is 4.57 Å².